The van der Waals surface area contributed by atoms with E-state index in [4.69, 9.17) is 4.42 Å². The van der Waals surface area contributed by atoms with E-state index < -0.39 is 0 Å². The van der Waals surface area contributed by atoms with Crippen LogP contribution in [0.5, 0.6) is 0 Å². The second kappa shape index (κ2) is 13.0. The highest BCUT2D eigenvalue weighted by molar-refractivity contribution is 6.93. The second-order valence-corrected chi connectivity index (χ2v) is 21.7. The molecule has 1 saturated carbocycles. The molecule has 0 saturated heterocycles. The van der Waals surface area contributed by atoms with Crippen molar-refractivity contribution in [3.05, 3.63) is 156 Å². The van der Waals surface area contributed by atoms with Crippen LogP contribution in [-0.2, 0) is 16.2 Å². The number of hydrogen-bond donors (Lipinski definition) is 0. The molecule has 7 aromatic carbocycles. The summed E-state index contributed by atoms with van der Waals surface area (Å²) >= 11 is 0. The normalized spacial score (nSPS) is 19.9. The Kier molecular flexibility index (Phi) is 8.00. The average Bonchev–Trinajstić information content (AvgIpc) is 3.73. The third-order valence-corrected chi connectivity index (χ3v) is 16.0. The van der Waals surface area contributed by atoms with Crippen molar-refractivity contribution in [2.75, 3.05) is 9.71 Å². The molecule has 2 unspecified atom stereocenters. The molecule has 12 rings (SSSR count). The summed E-state index contributed by atoms with van der Waals surface area (Å²) in [5, 5.41) is 2.31. The maximum Gasteiger partial charge on any atom is 0.329 e. The standard InChI is InChI=1S/C59H57BN2O/c1-36-19-13-14-22-41(36)38-29-45-46-32-40(57(5,6)7)33-47-55(46)62(59(9)28-18-17-27-58(47,59)8)60-48-35-53-44(42-23-15-16-24-52(42)63-53)34-50(48)61(51(30-38)54(45)60)49-26-25-39(56(2,3)4)31-43(49)37-20-11-10-12-21-37/h10-16,19-26,29-35H,17-18,27-28H2,1-9H3. The van der Waals surface area contributed by atoms with Crippen LogP contribution in [0.2, 0.25) is 0 Å². The van der Waals surface area contributed by atoms with Crippen LogP contribution in [-0.4, -0.2) is 12.4 Å². The van der Waals surface area contributed by atoms with E-state index in [9.17, 15) is 0 Å². The van der Waals surface area contributed by atoms with Crippen molar-refractivity contribution >= 4 is 62.5 Å². The highest BCUT2D eigenvalue weighted by atomic mass is 16.3. The number of fused-ring (bicyclic) bond motifs is 10. The Morgan fingerprint density at radius 1 is 0.556 bits per heavy atom. The topological polar surface area (TPSA) is 19.6 Å². The van der Waals surface area contributed by atoms with Crippen LogP contribution in [0.4, 0.5) is 22.7 Å². The summed E-state index contributed by atoms with van der Waals surface area (Å²) in [6, 6.07) is 51.1. The molecule has 4 heterocycles. The Labute approximate surface area is 373 Å². The molecule has 4 aliphatic rings. The van der Waals surface area contributed by atoms with E-state index in [0.717, 1.165) is 28.4 Å². The maximum absolute atomic E-state index is 6.84. The quantitative estimate of drug-likeness (QED) is 0.166. The van der Waals surface area contributed by atoms with E-state index >= 15 is 0 Å². The molecule has 0 radical (unpaired) electrons. The highest BCUT2D eigenvalue weighted by Crippen LogP contribution is 2.64. The molecule has 3 aliphatic heterocycles. The lowest BCUT2D eigenvalue weighted by molar-refractivity contribution is 0.199. The lowest BCUT2D eigenvalue weighted by Gasteiger charge is -2.55. The first-order valence-electron chi connectivity index (χ1n) is 23.3. The van der Waals surface area contributed by atoms with Crippen molar-refractivity contribution in [3.63, 3.8) is 0 Å². The van der Waals surface area contributed by atoms with Gasteiger partial charge < -0.3 is 14.1 Å². The van der Waals surface area contributed by atoms with Gasteiger partial charge in [-0.05, 0) is 141 Å². The predicted molar refractivity (Wildman–Crippen MR) is 269 cm³/mol. The largest absolute Gasteiger partial charge is 0.456 e. The van der Waals surface area contributed by atoms with Gasteiger partial charge in [-0.1, -0.05) is 146 Å². The van der Waals surface area contributed by atoms with E-state index in [1.165, 1.54) is 103 Å². The van der Waals surface area contributed by atoms with E-state index in [1.807, 2.05) is 0 Å². The average molecular weight is 821 g/mol. The number of para-hydroxylation sites is 1. The maximum atomic E-state index is 6.84. The number of nitrogens with zero attached hydrogens (tertiary/aromatic N) is 2. The Morgan fingerprint density at radius 3 is 2.05 bits per heavy atom. The van der Waals surface area contributed by atoms with Gasteiger partial charge in [0.15, 0.2) is 0 Å². The van der Waals surface area contributed by atoms with Crippen LogP contribution < -0.4 is 20.6 Å². The Hall–Kier alpha value is -6.00. The van der Waals surface area contributed by atoms with Crippen molar-refractivity contribution in [1.82, 2.24) is 0 Å². The minimum atomic E-state index is -0.0982. The molecule has 0 spiro atoms. The van der Waals surface area contributed by atoms with Crippen LogP contribution in [0.1, 0.15) is 103 Å². The van der Waals surface area contributed by atoms with Crippen molar-refractivity contribution in [3.8, 4) is 33.4 Å². The predicted octanol–water partition coefficient (Wildman–Crippen LogP) is 14.8. The van der Waals surface area contributed by atoms with Crippen LogP contribution in [0, 0.1) is 6.92 Å². The summed E-state index contributed by atoms with van der Waals surface area (Å²) in [5.41, 5.74) is 22.9. The SMILES string of the molecule is Cc1ccccc1-c1cc2c3c(c1)N(c1ccc(C(C)(C)C)cc1-c1ccccc1)c1cc4c(cc1B3N1c3c-2cc(C(C)(C)C)cc3C2(C)CCCCC12C)oc1ccccc14. The van der Waals surface area contributed by atoms with Crippen LogP contribution in [0.25, 0.3) is 55.3 Å². The van der Waals surface area contributed by atoms with Crippen LogP contribution in [0.3, 0.4) is 0 Å². The fourth-order valence-electron chi connectivity index (χ4n) is 12.4. The fourth-order valence-corrected chi connectivity index (χ4v) is 12.4. The highest BCUT2D eigenvalue weighted by Gasteiger charge is 2.63. The minimum Gasteiger partial charge on any atom is -0.456 e. The summed E-state index contributed by atoms with van der Waals surface area (Å²) in [5.74, 6) is 0. The van der Waals surface area contributed by atoms with Gasteiger partial charge in [-0.2, -0.15) is 0 Å². The number of rotatable bonds is 3. The number of aryl methyl sites for hydroxylation is 1. The fraction of sp³-hybridized carbons (Fsp3) is 0.288. The van der Waals surface area contributed by atoms with E-state index in [2.05, 4.69) is 205 Å². The summed E-state index contributed by atoms with van der Waals surface area (Å²) < 4.78 is 6.84. The molecule has 0 bridgehead atoms. The second-order valence-electron chi connectivity index (χ2n) is 21.7. The first-order chi connectivity index (χ1) is 30.2. The van der Waals surface area contributed by atoms with Gasteiger partial charge in [0.25, 0.3) is 0 Å². The van der Waals surface area contributed by atoms with E-state index in [0.29, 0.717) is 0 Å². The molecule has 8 aromatic rings. The first-order valence-corrected chi connectivity index (χ1v) is 23.3. The molecular formula is C59H57BN2O. The van der Waals surface area contributed by atoms with Crippen molar-refractivity contribution in [1.29, 1.82) is 0 Å². The van der Waals surface area contributed by atoms with Gasteiger partial charge >= 0.3 is 6.85 Å². The van der Waals surface area contributed by atoms with Gasteiger partial charge in [0, 0.05) is 49.9 Å². The van der Waals surface area contributed by atoms with Gasteiger partial charge in [0.2, 0.25) is 0 Å². The lowest BCUT2D eigenvalue weighted by atomic mass is 9.42. The Balaban J connectivity index is 1.27. The molecule has 2 atom stereocenters. The number of benzene rings is 7. The lowest BCUT2D eigenvalue weighted by Crippen LogP contribution is -2.70. The zero-order valence-corrected chi connectivity index (χ0v) is 38.4. The zero-order valence-electron chi connectivity index (χ0n) is 38.4. The summed E-state index contributed by atoms with van der Waals surface area (Å²) in [7, 11) is 0. The molecule has 1 fully saturated rings. The molecule has 0 amide bonds. The Morgan fingerprint density at radius 2 is 1.27 bits per heavy atom. The molecular weight excluding hydrogens is 763 g/mol. The van der Waals surface area contributed by atoms with Crippen LogP contribution in [0.15, 0.2) is 138 Å². The molecule has 1 aromatic heterocycles. The molecule has 3 nitrogen and oxygen atoms in total. The first kappa shape index (κ1) is 38.7. The van der Waals surface area contributed by atoms with Gasteiger partial charge in [-0.3, -0.25) is 0 Å². The zero-order chi connectivity index (χ0) is 43.4. The molecule has 63 heavy (non-hydrogen) atoms. The third-order valence-electron chi connectivity index (χ3n) is 16.0. The summed E-state index contributed by atoms with van der Waals surface area (Å²) in [6.45, 7) is 21.6. The molecule has 1 aliphatic carbocycles. The summed E-state index contributed by atoms with van der Waals surface area (Å²) in [6.07, 6.45) is 4.83. The van der Waals surface area contributed by atoms with Gasteiger partial charge in [-0.25, -0.2) is 0 Å². The van der Waals surface area contributed by atoms with E-state index in [1.54, 1.807) is 5.56 Å². The third kappa shape index (κ3) is 5.33. The molecule has 0 N–H and O–H groups in total. The van der Waals surface area contributed by atoms with E-state index in [-0.39, 0.29) is 28.6 Å². The molecule has 4 heteroatoms. The van der Waals surface area contributed by atoms with Crippen molar-refractivity contribution in [2.45, 2.75) is 110 Å². The molecule has 312 valence electrons. The van der Waals surface area contributed by atoms with Crippen molar-refractivity contribution < 1.29 is 4.42 Å². The number of anilines is 4. The summed E-state index contributed by atoms with van der Waals surface area (Å²) in [4.78, 5) is 5.61. The number of hydrogen-bond acceptors (Lipinski definition) is 3. The van der Waals surface area contributed by atoms with Crippen molar-refractivity contribution in [2.24, 2.45) is 0 Å². The minimum absolute atomic E-state index is 0.0122. The Bertz CT molecular complexity index is 3220. The van der Waals surface area contributed by atoms with Gasteiger partial charge in [0.1, 0.15) is 11.2 Å². The van der Waals surface area contributed by atoms with Gasteiger partial charge in [-0.15, -0.1) is 0 Å². The van der Waals surface area contributed by atoms with Gasteiger partial charge in [0.05, 0.1) is 5.69 Å². The monoisotopic (exact) mass is 820 g/mol. The smallest absolute Gasteiger partial charge is 0.329 e. The number of furan rings is 1. The van der Waals surface area contributed by atoms with Crippen LogP contribution >= 0.6 is 0 Å².